The van der Waals surface area contributed by atoms with Crippen LogP contribution in [0.1, 0.15) is 66.1 Å². The van der Waals surface area contributed by atoms with Crippen molar-refractivity contribution in [2.24, 2.45) is 0 Å². The van der Waals surface area contributed by atoms with Crippen LogP contribution in [-0.2, 0) is 0 Å². The Morgan fingerprint density at radius 1 is 1.08 bits per heavy atom. The Balaban J connectivity index is 2.12. The van der Waals surface area contributed by atoms with Gasteiger partial charge in [-0.05, 0) is 37.5 Å². The van der Waals surface area contributed by atoms with Crippen LogP contribution in [0.5, 0.6) is 0 Å². The van der Waals surface area contributed by atoms with Crippen molar-refractivity contribution in [1.29, 1.82) is 0 Å². The van der Waals surface area contributed by atoms with Crippen molar-refractivity contribution < 1.29 is 9.59 Å². The number of carbonyl (C=O) groups is 2. The summed E-state index contributed by atoms with van der Waals surface area (Å²) in [6.45, 7) is 7.40. The fourth-order valence-corrected chi connectivity index (χ4v) is 2.81. The molecule has 0 saturated heterocycles. The van der Waals surface area contributed by atoms with E-state index in [9.17, 15) is 9.59 Å². The number of nitrogens with zero attached hydrogens (tertiary/aromatic N) is 2. The van der Waals surface area contributed by atoms with E-state index in [2.05, 4.69) is 10.3 Å². The maximum Gasteiger partial charge on any atom is 0.272 e. The maximum atomic E-state index is 12.7. The highest BCUT2D eigenvalue weighted by Crippen LogP contribution is 2.13. The first-order valence-corrected chi connectivity index (χ1v) is 9.18. The summed E-state index contributed by atoms with van der Waals surface area (Å²) in [6.07, 6.45) is 3.30. The van der Waals surface area contributed by atoms with Crippen molar-refractivity contribution in [2.75, 3.05) is 13.1 Å². The van der Waals surface area contributed by atoms with Crippen LogP contribution in [0.3, 0.4) is 0 Å². The molecule has 1 aromatic carbocycles. The first kappa shape index (κ1) is 19.6. The number of hydrogen-bond donors (Lipinski definition) is 1. The normalized spacial score (nSPS) is 11.7. The second-order valence-corrected chi connectivity index (χ2v) is 6.33. The lowest BCUT2D eigenvalue weighted by Crippen LogP contribution is -2.33. The smallest absolute Gasteiger partial charge is 0.272 e. The van der Waals surface area contributed by atoms with Gasteiger partial charge in [0, 0.05) is 24.8 Å². The fraction of sp³-hybridized carbons (Fsp3) is 0.381. The second-order valence-electron chi connectivity index (χ2n) is 6.33. The number of amides is 2. The standard InChI is InChI=1S/C21H27N3O2/c1-4-13-24(14-5-2)21(26)19-15-18(11-12-22-19)20(25)23-16(3)17-9-7-6-8-10-17/h6-12,15-16H,4-5,13-14H2,1-3H3,(H,23,25). The summed E-state index contributed by atoms with van der Waals surface area (Å²) in [4.78, 5) is 31.2. The molecule has 0 aliphatic carbocycles. The highest BCUT2D eigenvalue weighted by Gasteiger charge is 2.18. The monoisotopic (exact) mass is 353 g/mol. The molecule has 2 aromatic rings. The predicted octanol–water partition coefficient (Wildman–Crippen LogP) is 3.83. The molecule has 0 aliphatic heterocycles. The zero-order valence-electron chi connectivity index (χ0n) is 15.7. The lowest BCUT2D eigenvalue weighted by atomic mass is 10.1. The lowest BCUT2D eigenvalue weighted by Gasteiger charge is -2.21. The van der Waals surface area contributed by atoms with E-state index in [1.807, 2.05) is 51.1 Å². The van der Waals surface area contributed by atoms with E-state index >= 15 is 0 Å². The van der Waals surface area contributed by atoms with Crippen LogP contribution in [0.4, 0.5) is 0 Å². The summed E-state index contributed by atoms with van der Waals surface area (Å²) in [7, 11) is 0. The van der Waals surface area contributed by atoms with Crippen LogP contribution in [0, 0.1) is 0 Å². The number of aromatic nitrogens is 1. The Kier molecular flexibility index (Phi) is 7.33. The molecule has 0 radical (unpaired) electrons. The number of carbonyl (C=O) groups excluding carboxylic acids is 2. The Morgan fingerprint density at radius 3 is 2.35 bits per heavy atom. The van der Waals surface area contributed by atoms with Crippen molar-refractivity contribution in [2.45, 2.75) is 39.7 Å². The van der Waals surface area contributed by atoms with Gasteiger partial charge in [0.05, 0.1) is 6.04 Å². The number of nitrogens with one attached hydrogen (secondary N) is 1. The molecule has 138 valence electrons. The largest absolute Gasteiger partial charge is 0.346 e. The van der Waals surface area contributed by atoms with Crippen molar-refractivity contribution >= 4 is 11.8 Å². The Morgan fingerprint density at radius 2 is 1.73 bits per heavy atom. The van der Waals surface area contributed by atoms with Crippen molar-refractivity contribution in [1.82, 2.24) is 15.2 Å². The summed E-state index contributed by atoms with van der Waals surface area (Å²) in [5.41, 5.74) is 1.79. The lowest BCUT2D eigenvalue weighted by molar-refractivity contribution is 0.0749. The van der Waals surface area contributed by atoms with Gasteiger partial charge >= 0.3 is 0 Å². The highest BCUT2D eigenvalue weighted by molar-refractivity contribution is 5.98. The van der Waals surface area contributed by atoms with Gasteiger partial charge in [-0.1, -0.05) is 44.2 Å². The minimum Gasteiger partial charge on any atom is -0.346 e. The van der Waals surface area contributed by atoms with E-state index in [1.54, 1.807) is 17.0 Å². The van der Waals surface area contributed by atoms with Gasteiger partial charge in [0.1, 0.15) is 5.69 Å². The molecule has 5 nitrogen and oxygen atoms in total. The third kappa shape index (κ3) is 5.15. The molecule has 0 saturated carbocycles. The van der Waals surface area contributed by atoms with Gasteiger partial charge in [-0.2, -0.15) is 0 Å². The topological polar surface area (TPSA) is 62.3 Å². The van der Waals surface area contributed by atoms with Crippen LogP contribution < -0.4 is 5.32 Å². The first-order chi connectivity index (χ1) is 12.6. The molecule has 1 heterocycles. The van der Waals surface area contributed by atoms with E-state index in [1.165, 1.54) is 6.20 Å². The average molecular weight is 353 g/mol. The number of rotatable bonds is 8. The Labute approximate surface area is 155 Å². The van der Waals surface area contributed by atoms with Gasteiger partial charge in [-0.3, -0.25) is 14.6 Å². The number of hydrogen-bond acceptors (Lipinski definition) is 3. The summed E-state index contributed by atoms with van der Waals surface area (Å²) >= 11 is 0. The van der Waals surface area contributed by atoms with Gasteiger partial charge < -0.3 is 10.2 Å². The Hall–Kier alpha value is -2.69. The average Bonchev–Trinajstić information content (AvgIpc) is 2.68. The zero-order chi connectivity index (χ0) is 18.9. The van der Waals surface area contributed by atoms with E-state index in [0.29, 0.717) is 24.3 Å². The molecular formula is C21H27N3O2. The fourth-order valence-electron chi connectivity index (χ4n) is 2.81. The van der Waals surface area contributed by atoms with Gasteiger partial charge in [-0.15, -0.1) is 0 Å². The molecule has 1 unspecified atom stereocenters. The zero-order valence-corrected chi connectivity index (χ0v) is 15.7. The molecular weight excluding hydrogens is 326 g/mol. The molecule has 1 atom stereocenters. The molecule has 0 aliphatic rings. The predicted molar refractivity (Wildman–Crippen MR) is 103 cm³/mol. The summed E-state index contributed by atoms with van der Waals surface area (Å²) in [6, 6.07) is 12.9. The van der Waals surface area contributed by atoms with Crippen LogP contribution in [0.2, 0.25) is 0 Å². The highest BCUT2D eigenvalue weighted by atomic mass is 16.2. The third-order valence-corrected chi connectivity index (χ3v) is 4.16. The van der Waals surface area contributed by atoms with Gasteiger partial charge in [0.15, 0.2) is 0 Å². The maximum absolute atomic E-state index is 12.7. The van der Waals surface area contributed by atoms with Gasteiger partial charge in [-0.25, -0.2) is 0 Å². The molecule has 5 heteroatoms. The second kappa shape index (κ2) is 9.70. The van der Waals surface area contributed by atoms with Crippen LogP contribution in [-0.4, -0.2) is 34.8 Å². The molecule has 1 aromatic heterocycles. The van der Waals surface area contributed by atoms with E-state index in [-0.39, 0.29) is 17.9 Å². The molecule has 1 N–H and O–H groups in total. The van der Waals surface area contributed by atoms with Crippen LogP contribution in [0.25, 0.3) is 0 Å². The minimum absolute atomic E-state index is 0.118. The van der Waals surface area contributed by atoms with Crippen LogP contribution >= 0.6 is 0 Å². The molecule has 0 fully saturated rings. The molecule has 2 amide bonds. The first-order valence-electron chi connectivity index (χ1n) is 9.18. The number of benzene rings is 1. The SMILES string of the molecule is CCCN(CCC)C(=O)c1cc(C(=O)NC(C)c2ccccc2)ccn1. The summed E-state index contributed by atoms with van der Waals surface area (Å²) in [5, 5.41) is 2.97. The molecule has 26 heavy (non-hydrogen) atoms. The summed E-state index contributed by atoms with van der Waals surface area (Å²) < 4.78 is 0. The van der Waals surface area contributed by atoms with Crippen molar-refractivity contribution in [3.8, 4) is 0 Å². The molecule has 0 spiro atoms. The van der Waals surface area contributed by atoms with E-state index in [0.717, 1.165) is 18.4 Å². The molecule has 0 bridgehead atoms. The van der Waals surface area contributed by atoms with Gasteiger partial charge in [0.25, 0.3) is 11.8 Å². The van der Waals surface area contributed by atoms with E-state index in [4.69, 9.17) is 0 Å². The molecule has 2 rings (SSSR count). The third-order valence-electron chi connectivity index (χ3n) is 4.16. The quantitative estimate of drug-likeness (QED) is 0.784. The van der Waals surface area contributed by atoms with Crippen LogP contribution in [0.15, 0.2) is 48.7 Å². The minimum atomic E-state index is -0.213. The van der Waals surface area contributed by atoms with Crippen molar-refractivity contribution in [3.05, 3.63) is 65.5 Å². The number of pyridine rings is 1. The van der Waals surface area contributed by atoms with Crippen molar-refractivity contribution in [3.63, 3.8) is 0 Å². The van der Waals surface area contributed by atoms with Gasteiger partial charge in [0.2, 0.25) is 0 Å². The van der Waals surface area contributed by atoms with E-state index < -0.39 is 0 Å². The Bertz CT molecular complexity index is 725. The summed E-state index contributed by atoms with van der Waals surface area (Å²) in [5.74, 6) is -0.338.